The highest BCUT2D eigenvalue weighted by molar-refractivity contribution is 5.98. The average Bonchev–Trinajstić information content (AvgIpc) is 2.55. The van der Waals surface area contributed by atoms with Crippen molar-refractivity contribution >= 4 is 11.5 Å². The van der Waals surface area contributed by atoms with Crippen molar-refractivity contribution in [3.63, 3.8) is 0 Å². The molecule has 0 amide bonds. The van der Waals surface area contributed by atoms with E-state index in [-0.39, 0.29) is 17.5 Å². The number of rotatable bonds is 4. The van der Waals surface area contributed by atoms with Crippen molar-refractivity contribution in [1.82, 2.24) is 5.32 Å². The van der Waals surface area contributed by atoms with E-state index in [1.54, 1.807) is 12.1 Å². The van der Waals surface area contributed by atoms with Gasteiger partial charge in [0, 0.05) is 17.6 Å². The molecular formula is C19H23F2NO3. The van der Waals surface area contributed by atoms with Crippen LogP contribution in [-0.2, 0) is 4.79 Å². The van der Waals surface area contributed by atoms with Crippen molar-refractivity contribution in [1.29, 1.82) is 0 Å². The molecule has 1 saturated carbocycles. The van der Waals surface area contributed by atoms with Gasteiger partial charge in [0.05, 0.1) is 5.70 Å². The van der Waals surface area contributed by atoms with Crippen LogP contribution in [0.15, 0.2) is 24.3 Å². The van der Waals surface area contributed by atoms with Gasteiger partial charge in [-0.3, -0.25) is 4.79 Å². The van der Waals surface area contributed by atoms with E-state index in [4.69, 9.17) is 4.74 Å². The molecule has 1 N–H and O–H groups in total. The van der Waals surface area contributed by atoms with Crippen LogP contribution in [0.3, 0.4) is 0 Å². The smallest absolute Gasteiger partial charge is 0.387 e. The average molecular weight is 351 g/mol. The van der Waals surface area contributed by atoms with Gasteiger partial charge in [0.25, 0.3) is 0 Å². The number of carbonyl (C=O) groups is 1. The summed E-state index contributed by atoms with van der Waals surface area (Å²) in [7, 11) is 0. The standard InChI is InChI=1S/C19H23F2NO3/c1-19(2)22-15(11-16(23)12-6-4-3-5-7-12)14-10-13(24-18(20)21)8-9-17(14)25-19/h8-12,18,22H,3-7H2,1-2H3/b15-11-. The van der Waals surface area contributed by atoms with Crippen molar-refractivity contribution in [2.24, 2.45) is 5.92 Å². The first-order valence-corrected chi connectivity index (χ1v) is 8.66. The normalized spacial score (nSPS) is 21.4. The molecule has 4 nitrogen and oxygen atoms in total. The Bertz CT molecular complexity index is 679. The highest BCUT2D eigenvalue weighted by Gasteiger charge is 2.31. The van der Waals surface area contributed by atoms with Crippen LogP contribution >= 0.6 is 0 Å². The van der Waals surface area contributed by atoms with E-state index in [9.17, 15) is 13.6 Å². The number of hydrogen-bond acceptors (Lipinski definition) is 4. The Balaban J connectivity index is 1.92. The lowest BCUT2D eigenvalue weighted by Gasteiger charge is -2.36. The number of carbonyl (C=O) groups excluding carboxylic acids is 1. The molecule has 0 saturated heterocycles. The molecule has 6 heteroatoms. The zero-order valence-electron chi connectivity index (χ0n) is 14.5. The van der Waals surface area contributed by atoms with E-state index in [1.165, 1.54) is 18.6 Å². The Morgan fingerprint density at radius 1 is 1.32 bits per heavy atom. The van der Waals surface area contributed by atoms with Gasteiger partial charge in [0.1, 0.15) is 11.5 Å². The number of alkyl halides is 2. The number of fused-ring (bicyclic) bond motifs is 1. The highest BCUT2D eigenvalue weighted by Crippen LogP contribution is 2.37. The predicted octanol–water partition coefficient (Wildman–Crippen LogP) is 4.50. The Hall–Kier alpha value is -2.11. The van der Waals surface area contributed by atoms with Gasteiger partial charge in [0.15, 0.2) is 11.5 Å². The molecule has 0 radical (unpaired) electrons. The van der Waals surface area contributed by atoms with E-state index in [1.807, 2.05) is 13.8 Å². The van der Waals surface area contributed by atoms with Gasteiger partial charge in [0.2, 0.25) is 0 Å². The summed E-state index contributed by atoms with van der Waals surface area (Å²) in [6.07, 6.45) is 6.73. The maximum atomic E-state index is 12.6. The second-order valence-corrected chi connectivity index (χ2v) is 7.07. The van der Waals surface area contributed by atoms with Gasteiger partial charge >= 0.3 is 6.61 Å². The second kappa shape index (κ2) is 7.02. The molecule has 0 spiro atoms. The summed E-state index contributed by atoms with van der Waals surface area (Å²) in [6.45, 7) is 0.792. The van der Waals surface area contributed by atoms with Gasteiger partial charge < -0.3 is 14.8 Å². The van der Waals surface area contributed by atoms with E-state index in [2.05, 4.69) is 10.1 Å². The summed E-state index contributed by atoms with van der Waals surface area (Å²) in [5, 5.41) is 3.17. The van der Waals surface area contributed by atoms with Crippen LogP contribution in [0.2, 0.25) is 0 Å². The number of hydrogen-bond donors (Lipinski definition) is 1. The zero-order chi connectivity index (χ0) is 18.0. The third kappa shape index (κ3) is 4.30. The van der Waals surface area contributed by atoms with Crippen LogP contribution in [0.1, 0.15) is 51.5 Å². The monoisotopic (exact) mass is 351 g/mol. The van der Waals surface area contributed by atoms with Crippen molar-refractivity contribution in [3.8, 4) is 11.5 Å². The van der Waals surface area contributed by atoms with Crippen LogP contribution in [0, 0.1) is 5.92 Å². The largest absolute Gasteiger partial charge is 0.468 e. The van der Waals surface area contributed by atoms with E-state index in [0.29, 0.717) is 17.0 Å². The Labute approximate surface area is 146 Å². The summed E-state index contributed by atoms with van der Waals surface area (Å²) in [5.74, 6) is 0.687. The summed E-state index contributed by atoms with van der Waals surface area (Å²) >= 11 is 0. The van der Waals surface area contributed by atoms with Gasteiger partial charge in [-0.2, -0.15) is 8.78 Å². The van der Waals surface area contributed by atoms with Crippen molar-refractivity contribution in [2.75, 3.05) is 0 Å². The van der Waals surface area contributed by atoms with Gasteiger partial charge in [-0.25, -0.2) is 0 Å². The Morgan fingerprint density at radius 2 is 2.04 bits per heavy atom. The number of halogens is 2. The maximum absolute atomic E-state index is 12.6. The van der Waals surface area contributed by atoms with Crippen LogP contribution < -0.4 is 14.8 Å². The highest BCUT2D eigenvalue weighted by atomic mass is 19.3. The zero-order valence-corrected chi connectivity index (χ0v) is 14.5. The molecule has 2 aliphatic rings. The minimum absolute atomic E-state index is 0.0369. The maximum Gasteiger partial charge on any atom is 0.387 e. The first kappa shape index (κ1) is 17.7. The topological polar surface area (TPSA) is 47.6 Å². The van der Waals surface area contributed by atoms with Gasteiger partial charge in [-0.05, 0) is 44.9 Å². The summed E-state index contributed by atoms with van der Waals surface area (Å²) in [5.41, 5.74) is 0.444. The molecular weight excluding hydrogens is 328 g/mol. The molecule has 136 valence electrons. The minimum Gasteiger partial charge on any atom is -0.468 e. The van der Waals surface area contributed by atoms with Gasteiger partial charge in [-0.1, -0.05) is 19.3 Å². The Kier molecular flexibility index (Phi) is 4.97. The lowest BCUT2D eigenvalue weighted by Crippen LogP contribution is -2.46. The summed E-state index contributed by atoms with van der Waals surface area (Å²) in [4.78, 5) is 12.6. The molecule has 1 heterocycles. The van der Waals surface area contributed by atoms with Crippen LogP contribution in [0.25, 0.3) is 5.70 Å². The minimum atomic E-state index is -2.90. The molecule has 1 aromatic carbocycles. The van der Waals surface area contributed by atoms with Crippen LogP contribution in [-0.4, -0.2) is 18.1 Å². The first-order chi connectivity index (χ1) is 11.8. The number of ether oxygens (including phenoxy) is 2. The van der Waals surface area contributed by atoms with Gasteiger partial charge in [-0.15, -0.1) is 0 Å². The SMILES string of the molecule is CC1(C)N/C(=C\C(=O)C2CCCCC2)c2cc(OC(F)F)ccc2O1. The van der Waals surface area contributed by atoms with E-state index >= 15 is 0 Å². The third-order valence-corrected chi connectivity index (χ3v) is 4.56. The summed E-state index contributed by atoms with van der Waals surface area (Å²) < 4.78 is 35.3. The molecule has 0 atom stereocenters. The number of ketones is 1. The summed E-state index contributed by atoms with van der Waals surface area (Å²) in [6, 6.07) is 4.51. The molecule has 1 aliphatic carbocycles. The molecule has 3 rings (SSSR count). The van der Waals surface area contributed by atoms with Crippen molar-refractivity contribution in [3.05, 3.63) is 29.8 Å². The molecule has 1 aromatic rings. The van der Waals surface area contributed by atoms with E-state index < -0.39 is 12.3 Å². The molecule has 25 heavy (non-hydrogen) atoms. The predicted molar refractivity (Wildman–Crippen MR) is 90.5 cm³/mol. The second-order valence-electron chi connectivity index (χ2n) is 7.07. The van der Waals surface area contributed by atoms with E-state index in [0.717, 1.165) is 25.7 Å². The van der Waals surface area contributed by atoms with Crippen LogP contribution in [0.5, 0.6) is 11.5 Å². The molecule has 0 unspecified atom stereocenters. The fourth-order valence-corrected chi connectivity index (χ4v) is 3.44. The van der Waals surface area contributed by atoms with Crippen molar-refractivity contribution < 1.29 is 23.0 Å². The lowest BCUT2D eigenvalue weighted by molar-refractivity contribution is -0.119. The quantitative estimate of drug-likeness (QED) is 0.812. The molecule has 1 aliphatic heterocycles. The fourth-order valence-electron chi connectivity index (χ4n) is 3.44. The lowest BCUT2D eigenvalue weighted by atomic mass is 9.85. The number of benzene rings is 1. The number of allylic oxidation sites excluding steroid dienone is 1. The fraction of sp³-hybridized carbons (Fsp3) is 0.526. The number of nitrogens with one attached hydrogen (secondary N) is 1. The third-order valence-electron chi connectivity index (χ3n) is 4.56. The van der Waals surface area contributed by atoms with Crippen LogP contribution in [0.4, 0.5) is 8.78 Å². The van der Waals surface area contributed by atoms with Crippen molar-refractivity contribution in [2.45, 2.75) is 58.3 Å². The Morgan fingerprint density at radius 3 is 2.72 bits per heavy atom. The molecule has 0 aromatic heterocycles. The molecule has 1 fully saturated rings. The molecule has 0 bridgehead atoms. The first-order valence-electron chi connectivity index (χ1n) is 8.66.